The van der Waals surface area contributed by atoms with Gasteiger partial charge in [0.2, 0.25) is 0 Å². The van der Waals surface area contributed by atoms with E-state index in [9.17, 15) is 0 Å². The second kappa shape index (κ2) is 10.3. The highest BCUT2D eigenvalue weighted by Crippen LogP contribution is 2.43. The molecule has 0 aliphatic carbocycles. The van der Waals surface area contributed by atoms with E-state index in [2.05, 4.69) is 179 Å². The summed E-state index contributed by atoms with van der Waals surface area (Å²) in [5.41, 5.74) is 10.8. The van der Waals surface area contributed by atoms with Crippen molar-refractivity contribution in [2.45, 2.75) is 0 Å². The molecule has 0 aliphatic rings. The number of rotatable bonds is 5. The Kier molecular flexibility index (Phi) is 5.82. The van der Waals surface area contributed by atoms with Gasteiger partial charge in [0.25, 0.3) is 0 Å². The summed E-state index contributed by atoms with van der Waals surface area (Å²) >= 11 is 0. The molecule has 2 aromatic heterocycles. The molecule has 0 radical (unpaired) electrons. The van der Waals surface area contributed by atoms with Crippen molar-refractivity contribution in [2.24, 2.45) is 0 Å². The Morgan fingerprint density at radius 2 is 1.07 bits per heavy atom. The third-order valence-corrected chi connectivity index (χ3v) is 8.76. The quantitative estimate of drug-likeness (QED) is 0.203. The summed E-state index contributed by atoms with van der Waals surface area (Å²) in [6, 6.07) is 60.0. The van der Waals surface area contributed by atoms with Crippen LogP contribution in [-0.4, -0.2) is 4.57 Å². The fraction of sp³-hybridized carbons (Fsp3) is 0. The topological polar surface area (TPSA) is 21.3 Å². The maximum absolute atomic E-state index is 6.79. The molecule has 0 saturated carbocycles. The zero-order valence-corrected chi connectivity index (χ0v) is 24.5. The lowest BCUT2D eigenvalue weighted by molar-refractivity contribution is 0.673. The number of hydrogen-bond acceptors (Lipinski definition) is 2. The molecule has 9 rings (SSSR count). The van der Waals surface area contributed by atoms with Crippen LogP contribution in [0.5, 0.6) is 0 Å². The van der Waals surface area contributed by atoms with E-state index >= 15 is 0 Å². The summed E-state index contributed by atoms with van der Waals surface area (Å²) < 4.78 is 9.13. The molecule has 9 aromatic rings. The lowest BCUT2D eigenvalue weighted by Crippen LogP contribution is -2.09. The van der Waals surface area contributed by atoms with Crippen LogP contribution in [0, 0.1) is 0 Å². The third kappa shape index (κ3) is 4.13. The van der Waals surface area contributed by atoms with Crippen LogP contribution in [0.1, 0.15) is 0 Å². The second-order valence-corrected chi connectivity index (χ2v) is 11.4. The number of benzene rings is 7. The van der Waals surface area contributed by atoms with Crippen molar-refractivity contribution in [3.8, 4) is 16.8 Å². The van der Waals surface area contributed by atoms with Gasteiger partial charge in [0, 0.05) is 28.1 Å². The molecule has 0 N–H and O–H groups in total. The minimum Gasteiger partial charge on any atom is -0.454 e. The van der Waals surface area contributed by atoms with Gasteiger partial charge < -0.3 is 13.9 Å². The minimum absolute atomic E-state index is 0.885. The van der Waals surface area contributed by atoms with Crippen molar-refractivity contribution in [1.29, 1.82) is 0 Å². The molecule has 0 amide bonds. The van der Waals surface area contributed by atoms with Crippen molar-refractivity contribution in [1.82, 2.24) is 4.57 Å². The first-order valence-electron chi connectivity index (χ1n) is 15.3. The Labute approximate surface area is 260 Å². The van der Waals surface area contributed by atoms with Gasteiger partial charge in [-0.25, -0.2) is 0 Å². The normalized spacial score (nSPS) is 11.6. The lowest BCUT2D eigenvalue weighted by atomic mass is 10.0. The second-order valence-electron chi connectivity index (χ2n) is 11.4. The fourth-order valence-corrected chi connectivity index (χ4v) is 6.71. The summed E-state index contributed by atoms with van der Waals surface area (Å²) in [6.45, 7) is 0. The summed E-state index contributed by atoms with van der Waals surface area (Å²) in [5, 5.41) is 4.66. The number of fused-ring (bicyclic) bond motifs is 7. The summed E-state index contributed by atoms with van der Waals surface area (Å²) in [4.78, 5) is 2.28. The average molecular weight is 577 g/mol. The zero-order valence-electron chi connectivity index (χ0n) is 24.5. The fourth-order valence-electron chi connectivity index (χ4n) is 6.71. The number of furan rings is 1. The van der Waals surface area contributed by atoms with Crippen LogP contribution in [0.3, 0.4) is 0 Å². The van der Waals surface area contributed by atoms with Crippen LogP contribution in [0.25, 0.3) is 60.6 Å². The molecular formula is C42H28N2O. The lowest BCUT2D eigenvalue weighted by Gasteiger charge is -2.25. The van der Waals surface area contributed by atoms with Gasteiger partial charge in [-0.2, -0.15) is 0 Å². The van der Waals surface area contributed by atoms with Gasteiger partial charge >= 0.3 is 0 Å². The van der Waals surface area contributed by atoms with E-state index in [-0.39, 0.29) is 0 Å². The molecular weight excluding hydrogens is 548 g/mol. The van der Waals surface area contributed by atoms with Crippen molar-refractivity contribution in [2.75, 3.05) is 4.90 Å². The molecule has 2 heterocycles. The SMILES string of the molecule is c1ccc(N(c2ccccc2)c2ccc(-c3ccc4c(c3)oc3c5c6ccccc6ccc5n(-c5ccccc5)c43)cc2)cc1. The number of anilines is 3. The van der Waals surface area contributed by atoms with Crippen molar-refractivity contribution in [3.05, 3.63) is 170 Å². The Bertz CT molecular complexity index is 2420. The summed E-state index contributed by atoms with van der Waals surface area (Å²) in [6.07, 6.45) is 0. The van der Waals surface area contributed by atoms with E-state index in [4.69, 9.17) is 4.42 Å². The van der Waals surface area contributed by atoms with Gasteiger partial charge in [0.1, 0.15) is 11.1 Å². The first-order chi connectivity index (χ1) is 22.3. The average Bonchev–Trinajstić information content (AvgIpc) is 3.64. The van der Waals surface area contributed by atoms with Crippen LogP contribution >= 0.6 is 0 Å². The molecule has 212 valence electrons. The predicted molar refractivity (Wildman–Crippen MR) is 188 cm³/mol. The summed E-state index contributed by atoms with van der Waals surface area (Å²) in [7, 11) is 0. The highest BCUT2D eigenvalue weighted by molar-refractivity contribution is 6.24. The van der Waals surface area contributed by atoms with Gasteiger partial charge in [-0.1, -0.05) is 103 Å². The molecule has 0 unspecified atom stereocenters. The van der Waals surface area contributed by atoms with Gasteiger partial charge in [-0.05, 0) is 88.6 Å². The van der Waals surface area contributed by atoms with Crippen molar-refractivity contribution in [3.63, 3.8) is 0 Å². The molecule has 0 fully saturated rings. The molecule has 0 spiro atoms. The highest BCUT2D eigenvalue weighted by atomic mass is 16.3. The largest absolute Gasteiger partial charge is 0.454 e. The third-order valence-electron chi connectivity index (χ3n) is 8.76. The molecule has 0 saturated heterocycles. The Hall–Kier alpha value is -6.06. The highest BCUT2D eigenvalue weighted by Gasteiger charge is 2.21. The van der Waals surface area contributed by atoms with Crippen molar-refractivity contribution >= 4 is 60.8 Å². The Morgan fingerprint density at radius 1 is 0.467 bits per heavy atom. The smallest absolute Gasteiger partial charge is 0.162 e. The van der Waals surface area contributed by atoms with Gasteiger partial charge in [0.05, 0.1) is 10.9 Å². The van der Waals surface area contributed by atoms with Crippen LogP contribution in [0.15, 0.2) is 174 Å². The zero-order chi connectivity index (χ0) is 29.7. The van der Waals surface area contributed by atoms with Crippen LogP contribution < -0.4 is 4.90 Å². The van der Waals surface area contributed by atoms with E-state index < -0.39 is 0 Å². The molecule has 0 aliphatic heterocycles. The molecule has 3 nitrogen and oxygen atoms in total. The van der Waals surface area contributed by atoms with E-state index in [0.29, 0.717) is 0 Å². The first-order valence-corrected chi connectivity index (χ1v) is 15.3. The maximum atomic E-state index is 6.79. The van der Waals surface area contributed by atoms with Gasteiger partial charge in [-0.15, -0.1) is 0 Å². The Morgan fingerprint density at radius 3 is 1.78 bits per heavy atom. The number of aromatic nitrogens is 1. The molecule has 7 aromatic carbocycles. The minimum atomic E-state index is 0.885. The van der Waals surface area contributed by atoms with Crippen LogP contribution in [-0.2, 0) is 0 Å². The maximum Gasteiger partial charge on any atom is 0.162 e. The first kappa shape index (κ1) is 25.4. The number of nitrogens with zero attached hydrogens (tertiary/aromatic N) is 2. The van der Waals surface area contributed by atoms with E-state index in [0.717, 1.165) is 66.8 Å². The molecule has 3 heteroatoms. The monoisotopic (exact) mass is 576 g/mol. The van der Waals surface area contributed by atoms with E-state index in [1.807, 2.05) is 0 Å². The predicted octanol–water partition coefficient (Wildman–Crippen LogP) is 11.8. The summed E-state index contributed by atoms with van der Waals surface area (Å²) in [5.74, 6) is 0. The van der Waals surface area contributed by atoms with Crippen molar-refractivity contribution < 1.29 is 4.42 Å². The van der Waals surface area contributed by atoms with Crippen LogP contribution in [0.4, 0.5) is 17.1 Å². The van der Waals surface area contributed by atoms with Crippen LogP contribution in [0.2, 0.25) is 0 Å². The van der Waals surface area contributed by atoms with Gasteiger partial charge in [0.15, 0.2) is 5.58 Å². The molecule has 0 bridgehead atoms. The Balaban J connectivity index is 1.19. The molecule has 45 heavy (non-hydrogen) atoms. The van der Waals surface area contributed by atoms with E-state index in [1.165, 1.54) is 10.8 Å². The van der Waals surface area contributed by atoms with E-state index in [1.54, 1.807) is 0 Å². The standard InChI is InChI=1S/C42H28N2O/c1-4-13-32(14-5-1)43(33-15-6-2-7-16-33)35-24-20-29(21-25-35)31-22-26-37-39(28-31)45-42-40-36-19-11-10-12-30(36)23-27-38(40)44(41(37)42)34-17-8-3-9-18-34/h1-28H. The number of hydrogen-bond donors (Lipinski definition) is 0. The van der Waals surface area contributed by atoms with Gasteiger partial charge in [-0.3, -0.25) is 0 Å². The molecule has 0 atom stereocenters. The number of para-hydroxylation sites is 3.